The van der Waals surface area contributed by atoms with Gasteiger partial charge < -0.3 is 9.84 Å². The highest BCUT2D eigenvalue weighted by Gasteiger charge is 2.72. The van der Waals surface area contributed by atoms with E-state index >= 15 is 0 Å². The molecule has 1 aromatic carbocycles. The molecule has 5 heteroatoms. The molecule has 5 aliphatic carbocycles. The molecule has 4 fully saturated rings. The molecule has 0 radical (unpaired) electrons. The van der Waals surface area contributed by atoms with Crippen molar-refractivity contribution in [1.82, 2.24) is 0 Å². The third kappa shape index (κ3) is 4.26. The van der Waals surface area contributed by atoms with Crippen molar-refractivity contribution < 1.29 is 24.2 Å². The molecule has 1 N–H and O–H groups in total. The fourth-order valence-electron chi connectivity index (χ4n) is 11.7. The van der Waals surface area contributed by atoms with E-state index in [2.05, 4.69) is 47.6 Å². The molecule has 0 unspecified atom stereocenters. The Kier molecular flexibility index (Phi) is 7.41. The van der Waals surface area contributed by atoms with E-state index in [1.165, 1.54) is 30.9 Å². The van der Waals surface area contributed by atoms with Crippen LogP contribution in [0.2, 0.25) is 0 Å². The van der Waals surface area contributed by atoms with E-state index in [9.17, 15) is 19.5 Å². The fraction of sp³-hybridized carbons (Fsp3) is 0.667. The van der Waals surface area contributed by atoms with Gasteiger partial charge >= 0.3 is 11.9 Å². The van der Waals surface area contributed by atoms with Gasteiger partial charge in [-0.25, -0.2) is 4.79 Å². The summed E-state index contributed by atoms with van der Waals surface area (Å²) in [7, 11) is 0. The summed E-state index contributed by atoms with van der Waals surface area (Å²) in [6, 6.07) is 9.52. The number of allylic oxidation sites excluding steroid dienone is 2. The Morgan fingerprint density at radius 3 is 2.30 bits per heavy atom. The van der Waals surface area contributed by atoms with Crippen molar-refractivity contribution >= 4 is 23.8 Å². The number of benzene rings is 1. The van der Waals surface area contributed by atoms with Crippen molar-refractivity contribution in [3.8, 4) is 0 Å². The van der Waals surface area contributed by atoms with Crippen molar-refractivity contribution in [3.05, 3.63) is 53.6 Å². The van der Waals surface area contributed by atoms with Crippen molar-refractivity contribution in [2.75, 3.05) is 0 Å². The normalized spacial score (nSPS) is 46.6. The highest BCUT2D eigenvalue weighted by atomic mass is 16.5. The molecule has 0 bridgehead atoms. The van der Waals surface area contributed by atoms with Gasteiger partial charge in [0.2, 0.25) is 0 Å². The zero-order chi connectivity index (χ0) is 31.9. The number of aliphatic carboxylic acids is 1. The first kappa shape index (κ1) is 31.3. The van der Waals surface area contributed by atoms with Crippen LogP contribution in [0.1, 0.15) is 105 Å². The summed E-state index contributed by atoms with van der Waals surface area (Å²) in [5, 5.41) is 10.8. The van der Waals surface area contributed by atoms with E-state index in [0.29, 0.717) is 37.0 Å². The van der Waals surface area contributed by atoms with Gasteiger partial charge in [-0.1, -0.05) is 77.4 Å². The second-order valence-electron chi connectivity index (χ2n) is 16.6. The summed E-state index contributed by atoms with van der Waals surface area (Å²) in [6.07, 6.45) is 11.8. The summed E-state index contributed by atoms with van der Waals surface area (Å²) in [4.78, 5) is 40.8. The largest absolute Gasteiger partial charge is 0.481 e. The van der Waals surface area contributed by atoms with Crippen LogP contribution in [0.4, 0.5) is 0 Å². The molecule has 6 rings (SSSR count). The lowest BCUT2D eigenvalue weighted by Crippen LogP contribution is -2.68. The number of carboxylic acids is 1. The quantitative estimate of drug-likeness (QED) is 0.277. The second kappa shape index (κ2) is 10.4. The topological polar surface area (TPSA) is 80.7 Å². The minimum Gasteiger partial charge on any atom is -0.481 e. The van der Waals surface area contributed by atoms with E-state index in [4.69, 9.17) is 4.74 Å². The average molecular weight is 601 g/mol. The van der Waals surface area contributed by atoms with Crippen LogP contribution in [0.3, 0.4) is 0 Å². The number of carboxylic acid groups (broad SMARTS) is 1. The zero-order valence-electron chi connectivity index (χ0n) is 27.8. The Hall–Kier alpha value is -2.69. The minimum atomic E-state index is -1.28. The van der Waals surface area contributed by atoms with Gasteiger partial charge in [-0.3, -0.25) is 9.59 Å². The molecule has 0 aromatic heterocycles. The monoisotopic (exact) mass is 600 g/mol. The van der Waals surface area contributed by atoms with E-state index in [0.717, 1.165) is 18.4 Å². The Labute approximate surface area is 263 Å². The van der Waals surface area contributed by atoms with Crippen LogP contribution < -0.4 is 0 Å². The van der Waals surface area contributed by atoms with Crippen LogP contribution in [0.5, 0.6) is 0 Å². The van der Waals surface area contributed by atoms with Crippen molar-refractivity contribution in [2.45, 2.75) is 106 Å². The van der Waals surface area contributed by atoms with Gasteiger partial charge in [0.1, 0.15) is 11.5 Å². The predicted molar refractivity (Wildman–Crippen MR) is 172 cm³/mol. The lowest BCUT2D eigenvalue weighted by atomic mass is 9.33. The fourth-order valence-corrected chi connectivity index (χ4v) is 11.7. The molecular weight excluding hydrogens is 548 g/mol. The lowest BCUT2D eigenvalue weighted by Gasteiger charge is -2.70. The van der Waals surface area contributed by atoms with Gasteiger partial charge in [-0.15, -0.1) is 0 Å². The lowest BCUT2D eigenvalue weighted by molar-refractivity contribution is -0.220. The highest BCUT2D eigenvalue weighted by Crippen LogP contribution is 2.75. The molecule has 0 amide bonds. The molecule has 5 aliphatic rings. The highest BCUT2D eigenvalue weighted by molar-refractivity contribution is 5.96. The van der Waals surface area contributed by atoms with Crippen LogP contribution in [-0.4, -0.2) is 28.9 Å². The first-order chi connectivity index (χ1) is 20.6. The van der Waals surface area contributed by atoms with Gasteiger partial charge in [-0.05, 0) is 121 Å². The molecule has 238 valence electrons. The van der Waals surface area contributed by atoms with Crippen LogP contribution in [0.15, 0.2) is 48.1 Å². The SMILES string of the molecule is C[C@H]1[C@H](C)CC[C@]2(C)CC[C@]3(C)C(=CC(=O)[C@@H]4[C@@]5(C)CC[C@H](OC(=O)/C=C/c6ccccc6)[C@](C)(C(=O)O)[C@@H]5CC[C@]43C)[C@H]12. The summed E-state index contributed by atoms with van der Waals surface area (Å²) >= 11 is 0. The van der Waals surface area contributed by atoms with Crippen molar-refractivity contribution in [2.24, 2.45) is 56.7 Å². The molecule has 0 spiro atoms. The Morgan fingerprint density at radius 1 is 0.909 bits per heavy atom. The van der Waals surface area contributed by atoms with E-state index in [1.807, 2.05) is 30.3 Å². The molecule has 0 aliphatic heterocycles. The molecular formula is C39H52O5. The Bertz CT molecular complexity index is 1410. The molecule has 1 aromatic rings. The maximum absolute atomic E-state index is 14.6. The van der Waals surface area contributed by atoms with Crippen LogP contribution in [0, 0.1) is 56.7 Å². The number of hydrogen-bond acceptors (Lipinski definition) is 4. The number of carbonyl (C=O) groups is 3. The maximum Gasteiger partial charge on any atom is 0.331 e. The maximum atomic E-state index is 14.6. The zero-order valence-corrected chi connectivity index (χ0v) is 27.8. The number of fused-ring (bicyclic) bond motifs is 7. The van der Waals surface area contributed by atoms with Crippen LogP contribution in [0.25, 0.3) is 6.08 Å². The standard InChI is InChI=1S/C39H52O5/c1-24-15-18-35(3)21-22-37(5)27(32(35)25(24)2)23-28(40)33-36(4)19-17-30(44-31(41)14-13-26-11-9-8-10-12-26)39(7,34(42)43)29(36)16-20-38(33,37)6/h8-14,23-25,29-30,32-33H,15-22H2,1-7H3,(H,42,43)/b14-13+/t24-,25+,29-,30+,32+,33-,35-,36+,37-,38-,39-/m1/s1. The van der Waals surface area contributed by atoms with Gasteiger partial charge in [-0.2, -0.15) is 0 Å². The number of carbonyl (C=O) groups excluding carboxylic acids is 2. The Balaban J connectivity index is 1.34. The summed E-state index contributed by atoms with van der Waals surface area (Å²) in [6.45, 7) is 16.0. The van der Waals surface area contributed by atoms with Crippen molar-refractivity contribution in [3.63, 3.8) is 0 Å². The van der Waals surface area contributed by atoms with E-state index in [1.54, 1.807) is 13.0 Å². The smallest absolute Gasteiger partial charge is 0.331 e. The minimum absolute atomic E-state index is 0.0970. The number of ether oxygens (including phenoxy) is 1. The van der Waals surface area contributed by atoms with Crippen LogP contribution in [-0.2, 0) is 19.1 Å². The van der Waals surface area contributed by atoms with E-state index < -0.39 is 28.9 Å². The predicted octanol–water partition coefficient (Wildman–Crippen LogP) is 8.53. The van der Waals surface area contributed by atoms with Gasteiger partial charge in [0.05, 0.1) is 0 Å². The summed E-state index contributed by atoms with van der Waals surface area (Å²) in [5.74, 6) is -0.192. The van der Waals surface area contributed by atoms with Gasteiger partial charge in [0, 0.05) is 12.0 Å². The van der Waals surface area contributed by atoms with Gasteiger partial charge in [0.25, 0.3) is 0 Å². The number of esters is 1. The van der Waals surface area contributed by atoms with Gasteiger partial charge in [0.15, 0.2) is 5.78 Å². The summed E-state index contributed by atoms with van der Waals surface area (Å²) < 4.78 is 5.97. The first-order valence-corrected chi connectivity index (χ1v) is 17.0. The third-order valence-corrected chi connectivity index (χ3v) is 14.7. The molecule has 44 heavy (non-hydrogen) atoms. The molecule has 0 heterocycles. The van der Waals surface area contributed by atoms with Crippen LogP contribution >= 0.6 is 0 Å². The van der Waals surface area contributed by atoms with E-state index in [-0.39, 0.29) is 33.9 Å². The third-order valence-electron chi connectivity index (χ3n) is 14.7. The number of ketones is 1. The average Bonchev–Trinajstić information content (AvgIpc) is 2.97. The van der Waals surface area contributed by atoms with Crippen molar-refractivity contribution in [1.29, 1.82) is 0 Å². The Morgan fingerprint density at radius 2 is 1.61 bits per heavy atom. The molecule has 0 saturated heterocycles. The summed E-state index contributed by atoms with van der Waals surface area (Å²) in [5.41, 5.74) is 0.379. The molecule has 5 nitrogen and oxygen atoms in total. The second-order valence-corrected chi connectivity index (χ2v) is 16.6. The molecule has 11 atom stereocenters. The molecule has 4 saturated carbocycles. The number of hydrogen-bond donors (Lipinski definition) is 1. The first-order valence-electron chi connectivity index (χ1n) is 17.0. The number of rotatable bonds is 4.